The van der Waals surface area contributed by atoms with Crippen LogP contribution in [0.15, 0.2) is 0 Å². The lowest BCUT2D eigenvalue weighted by atomic mass is 9.82. The summed E-state index contributed by atoms with van der Waals surface area (Å²) in [5.74, 6) is 6.41. The smallest absolute Gasteiger partial charge is 0.0624 e. The molecule has 3 N–H and O–H groups in total. The van der Waals surface area contributed by atoms with Gasteiger partial charge in [0.05, 0.1) is 12.2 Å². The molecule has 106 valence electrons. The van der Waals surface area contributed by atoms with Crippen LogP contribution < -0.4 is 11.3 Å². The molecule has 0 spiro atoms. The van der Waals surface area contributed by atoms with Gasteiger partial charge in [-0.1, -0.05) is 45.4 Å². The minimum absolute atomic E-state index is 0.478. The molecule has 0 aromatic carbocycles. The second-order valence-electron chi connectivity index (χ2n) is 6.10. The lowest BCUT2D eigenvalue weighted by Gasteiger charge is -2.27. The maximum Gasteiger partial charge on any atom is 0.0624 e. The highest BCUT2D eigenvalue weighted by Gasteiger charge is 2.43. The van der Waals surface area contributed by atoms with Gasteiger partial charge in [-0.05, 0) is 25.7 Å². The first-order chi connectivity index (χ1) is 8.85. The molecule has 0 aromatic heterocycles. The molecule has 2 rings (SSSR count). The molecule has 0 radical (unpaired) electrons. The summed E-state index contributed by atoms with van der Waals surface area (Å²) in [6.07, 6.45) is 14.2. The van der Waals surface area contributed by atoms with Gasteiger partial charge in [-0.2, -0.15) is 0 Å². The molecule has 0 aromatic rings. The lowest BCUT2D eigenvalue weighted by molar-refractivity contribution is 0.0847. The average Bonchev–Trinajstić information content (AvgIpc) is 3.00. The highest BCUT2D eigenvalue weighted by Crippen LogP contribution is 2.41. The third-order valence-corrected chi connectivity index (χ3v) is 4.75. The average molecular weight is 254 g/mol. The van der Waals surface area contributed by atoms with E-state index in [9.17, 15) is 0 Å². The molecule has 2 heterocycles. The molecular formula is C15H30N2O. The molecule has 2 saturated heterocycles. The third-order valence-electron chi connectivity index (χ3n) is 4.75. The second-order valence-corrected chi connectivity index (χ2v) is 6.10. The monoisotopic (exact) mass is 254 g/mol. The van der Waals surface area contributed by atoms with Crippen LogP contribution in [-0.2, 0) is 4.74 Å². The van der Waals surface area contributed by atoms with Crippen molar-refractivity contribution in [1.82, 2.24) is 5.43 Å². The quantitative estimate of drug-likeness (QED) is 0.377. The third kappa shape index (κ3) is 3.69. The van der Waals surface area contributed by atoms with Gasteiger partial charge in [0.2, 0.25) is 0 Å². The highest BCUT2D eigenvalue weighted by atomic mass is 16.5. The van der Waals surface area contributed by atoms with Gasteiger partial charge in [0, 0.05) is 12.0 Å². The zero-order chi connectivity index (χ0) is 12.8. The summed E-state index contributed by atoms with van der Waals surface area (Å²) in [5.41, 5.74) is 3.05. The first kappa shape index (κ1) is 14.3. The molecule has 3 heteroatoms. The Morgan fingerprint density at radius 1 is 1.17 bits per heavy atom. The first-order valence-corrected chi connectivity index (χ1v) is 7.96. The topological polar surface area (TPSA) is 47.3 Å². The zero-order valence-electron chi connectivity index (χ0n) is 11.9. The van der Waals surface area contributed by atoms with E-state index in [1.54, 1.807) is 0 Å². The van der Waals surface area contributed by atoms with Gasteiger partial charge in [0.1, 0.15) is 0 Å². The fourth-order valence-electron chi connectivity index (χ4n) is 3.67. The van der Waals surface area contributed by atoms with E-state index in [1.807, 2.05) is 0 Å². The van der Waals surface area contributed by atoms with Crippen molar-refractivity contribution in [1.29, 1.82) is 0 Å². The van der Waals surface area contributed by atoms with Crippen molar-refractivity contribution < 1.29 is 4.74 Å². The number of fused-ring (bicyclic) bond motifs is 2. The molecular weight excluding hydrogens is 224 g/mol. The van der Waals surface area contributed by atoms with E-state index in [0.29, 0.717) is 24.2 Å². The summed E-state index contributed by atoms with van der Waals surface area (Å²) in [5, 5.41) is 0. The Kier molecular flexibility index (Phi) is 5.93. The number of hydrogen-bond donors (Lipinski definition) is 2. The van der Waals surface area contributed by atoms with E-state index < -0.39 is 0 Å². The number of hydrogen-bond acceptors (Lipinski definition) is 3. The normalized spacial score (nSPS) is 32.0. The van der Waals surface area contributed by atoms with Gasteiger partial charge >= 0.3 is 0 Å². The van der Waals surface area contributed by atoms with Gasteiger partial charge < -0.3 is 4.74 Å². The van der Waals surface area contributed by atoms with Crippen molar-refractivity contribution in [2.75, 3.05) is 0 Å². The maximum atomic E-state index is 5.93. The van der Waals surface area contributed by atoms with Gasteiger partial charge in [0.25, 0.3) is 0 Å². The number of nitrogens with two attached hydrogens (primary N) is 1. The molecule has 2 aliphatic heterocycles. The molecule has 0 aliphatic carbocycles. The summed E-state index contributed by atoms with van der Waals surface area (Å²) in [6.45, 7) is 2.27. The van der Waals surface area contributed by atoms with Crippen LogP contribution in [0.25, 0.3) is 0 Å². The number of hydrazine groups is 1. The Labute approximate surface area is 112 Å². The molecule has 0 saturated carbocycles. The van der Waals surface area contributed by atoms with Gasteiger partial charge in [0.15, 0.2) is 0 Å². The Morgan fingerprint density at radius 2 is 1.94 bits per heavy atom. The van der Waals surface area contributed by atoms with E-state index in [0.717, 1.165) is 0 Å². The van der Waals surface area contributed by atoms with Crippen LogP contribution in [0.5, 0.6) is 0 Å². The molecule has 2 fully saturated rings. The summed E-state index contributed by atoms with van der Waals surface area (Å²) >= 11 is 0. The van der Waals surface area contributed by atoms with Crippen molar-refractivity contribution in [3.63, 3.8) is 0 Å². The maximum absolute atomic E-state index is 5.93. The number of rotatable bonds is 9. The Morgan fingerprint density at radius 3 is 2.56 bits per heavy atom. The van der Waals surface area contributed by atoms with Gasteiger partial charge in [-0.25, -0.2) is 0 Å². The predicted molar refractivity (Wildman–Crippen MR) is 75.1 cm³/mol. The molecule has 2 aliphatic rings. The number of nitrogens with one attached hydrogen (secondary N) is 1. The predicted octanol–water partition coefficient (Wildman–Crippen LogP) is 3.14. The Bertz CT molecular complexity index is 235. The Hall–Kier alpha value is -0.120. The molecule has 2 bridgehead atoms. The van der Waals surface area contributed by atoms with E-state index in [2.05, 4.69) is 12.3 Å². The van der Waals surface area contributed by atoms with Crippen LogP contribution in [0.1, 0.15) is 71.1 Å². The van der Waals surface area contributed by atoms with Crippen molar-refractivity contribution in [2.24, 2.45) is 11.8 Å². The van der Waals surface area contributed by atoms with E-state index in [-0.39, 0.29) is 0 Å². The van der Waals surface area contributed by atoms with E-state index in [4.69, 9.17) is 10.6 Å². The minimum atomic E-state index is 0.478. The molecule has 18 heavy (non-hydrogen) atoms. The SMILES string of the molecule is CCCCCCCCC(NN)C1CC2CCC1O2. The second kappa shape index (κ2) is 7.46. The van der Waals surface area contributed by atoms with Crippen molar-refractivity contribution in [2.45, 2.75) is 89.4 Å². The number of ether oxygens (including phenoxy) is 1. The summed E-state index contributed by atoms with van der Waals surface area (Å²) in [7, 11) is 0. The zero-order valence-corrected chi connectivity index (χ0v) is 11.9. The van der Waals surface area contributed by atoms with Gasteiger partial charge in [-0.3, -0.25) is 11.3 Å². The minimum Gasteiger partial charge on any atom is -0.375 e. The standard InChI is InChI=1S/C15H30N2O/c1-2-3-4-5-6-7-8-14(17-16)13-11-12-9-10-15(13)18-12/h12-15,17H,2-11,16H2,1H3. The summed E-state index contributed by atoms with van der Waals surface area (Å²) in [6, 6.07) is 0.478. The van der Waals surface area contributed by atoms with Crippen molar-refractivity contribution >= 4 is 0 Å². The first-order valence-electron chi connectivity index (χ1n) is 7.96. The molecule has 0 amide bonds. The van der Waals surface area contributed by atoms with Crippen LogP contribution in [0, 0.1) is 5.92 Å². The lowest BCUT2D eigenvalue weighted by Crippen LogP contribution is -2.44. The van der Waals surface area contributed by atoms with Crippen molar-refractivity contribution in [3.8, 4) is 0 Å². The van der Waals surface area contributed by atoms with Crippen LogP contribution in [0.4, 0.5) is 0 Å². The van der Waals surface area contributed by atoms with Crippen LogP contribution in [0.3, 0.4) is 0 Å². The summed E-state index contributed by atoms with van der Waals surface area (Å²) < 4.78 is 5.93. The summed E-state index contributed by atoms with van der Waals surface area (Å²) in [4.78, 5) is 0. The van der Waals surface area contributed by atoms with E-state index in [1.165, 1.54) is 64.2 Å². The van der Waals surface area contributed by atoms with Crippen LogP contribution >= 0.6 is 0 Å². The molecule has 4 atom stereocenters. The van der Waals surface area contributed by atoms with Crippen LogP contribution in [0.2, 0.25) is 0 Å². The number of unbranched alkanes of at least 4 members (excludes halogenated alkanes) is 5. The molecule has 4 unspecified atom stereocenters. The van der Waals surface area contributed by atoms with E-state index >= 15 is 0 Å². The fraction of sp³-hybridized carbons (Fsp3) is 1.00. The Balaban J connectivity index is 1.61. The molecule has 3 nitrogen and oxygen atoms in total. The van der Waals surface area contributed by atoms with Gasteiger partial charge in [-0.15, -0.1) is 0 Å². The van der Waals surface area contributed by atoms with Crippen molar-refractivity contribution in [3.05, 3.63) is 0 Å². The highest BCUT2D eigenvalue weighted by molar-refractivity contribution is 4.94. The van der Waals surface area contributed by atoms with Crippen LogP contribution in [-0.4, -0.2) is 18.2 Å². The largest absolute Gasteiger partial charge is 0.375 e. The fourth-order valence-corrected chi connectivity index (χ4v) is 3.67.